The predicted octanol–water partition coefficient (Wildman–Crippen LogP) is 7.89. The number of rotatable bonds is 11. The van der Waals surface area contributed by atoms with Crippen LogP contribution in [0, 0.1) is 27.9 Å². The van der Waals surface area contributed by atoms with Crippen molar-refractivity contribution in [1.29, 1.82) is 0 Å². The molecule has 4 bridgehead atoms. The second-order valence-electron chi connectivity index (χ2n) is 17.2. The van der Waals surface area contributed by atoms with Crippen LogP contribution in [0.2, 0.25) is 0 Å². The van der Waals surface area contributed by atoms with Crippen molar-refractivity contribution in [3.8, 4) is 11.1 Å². The first-order chi connectivity index (χ1) is 27.8. The van der Waals surface area contributed by atoms with E-state index < -0.39 is 6.29 Å². The lowest BCUT2D eigenvalue weighted by atomic mass is 9.53. The SMILES string of the molecule is O=C(NCc1cccc(-c2ccc([C@H]3O[C@@H](CN4CCN(c5ccc([N+](=O)[O-])cc5)CC4)C[C@@H](c4ccc(CO)cc4)O3)cc2)c1)NC12CC3CC(CC(C3)C1)C2. The predicted molar refractivity (Wildman–Crippen MR) is 218 cm³/mol. The van der Waals surface area contributed by atoms with Crippen molar-refractivity contribution in [3.63, 3.8) is 0 Å². The number of hydrogen-bond acceptors (Lipinski definition) is 8. The molecule has 11 heteroatoms. The van der Waals surface area contributed by atoms with Gasteiger partial charge >= 0.3 is 6.03 Å². The second kappa shape index (κ2) is 16.2. The Balaban J connectivity index is 0.836. The van der Waals surface area contributed by atoms with E-state index in [1.54, 1.807) is 12.1 Å². The molecule has 4 aromatic rings. The van der Waals surface area contributed by atoms with Gasteiger partial charge in [0, 0.05) is 74.6 Å². The molecule has 3 N–H and O–H groups in total. The van der Waals surface area contributed by atoms with Gasteiger partial charge in [-0.05, 0) is 102 Å². The minimum absolute atomic E-state index is 0.00517. The van der Waals surface area contributed by atoms with Crippen molar-refractivity contribution in [3.05, 3.63) is 129 Å². The highest BCUT2D eigenvalue weighted by Gasteiger charge is 2.51. The van der Waals surface area contributed by atoms with Crippen molar-refractivity contribution in [2.45, 2.75) is 82.1 Å². The highest BCUT2D eigenvalue weighted by atomic mass is 16.7. The van der Waals surface area contributed by atoms with Crippen LogP contribution >= 0.6 is 0 Å². The lowest BCUT2D eigenvalue weighted by Gasteiger charge is -2.56. The van der Waals surface area contributed by atoms with Crippen molar-refractivity contribution in [2.24, 2.45) is 17.8 Å². The molecule has 0 aromatic heterocycles. The number of aliphatic hydroxyl groups is 1. The molecule has 298 valence electrons. The Kier molecular flexibility index (Phi) is 10.7. The van der Waals surface area contributed by atoms with Gasteiger partial charge in [-0.15, -0.1) is 0 Å². The molecule has 0 radical (unpaired) electrons. The summed E-state index contributed by atoms with van der Waals surface area (Å²) in [5.41, 5.74) is 7.18. The maximum atomic E-state index is 13.1. The van der Waals surface area contributed by atoms with Crippen molar-refractivity contribution in [1.82, 2.24) is 15.5 Å². The largest absolute Gasteiger partial charge is 0.392 e. The standard InChI is InChI=1S/C46H53N5O6/c52-30-31-4-6-37(7-5-31)43-24-42(29-49-16-18-50(19-17-49)40-12-14-41(15-13-40)51(54)55)56-44(57-43)38-10-8-36(9-11-38)39-3-1-2-32(23-39)28-47-45(53)48-46-25-33-20-34(26-46)22-35(21-33)27-46/h1-15,23,33-35,42-44,52H,16-22,24-30H2,(H2,47,48,53)/t33?,34?,35?,42-,43+,44+,46?/m1/s1. The smallest absolute Gasteiger partial charge is 0.315 e. The zero-order valence-corrected chi connectivity index (χ0v) is 32.4. The number of hydrogen-bond donors (Lipinski definition) is 3. The summed E-state index contributed by atoms with van der Waals surface area (Å²) in [6, 6.07) is 31.5. The molecule has 0 spiro atoms. The number of benzene rings is 4. The Labute approximate surface area is 334 Å². The number of nitrogens with zero attached hydrogens (tertiary/aromatic N) is 3. The summed E-state index contributed by atoms with van der Waals surface area (Å²) in [5.74, 6) is 2.36. The van der Waals surface area contributed by atoms with E-state index in [1.165, 1.54) is 19.3 Å². The molecule has 6 aliphatic rings. The van der Waals surface area contributed by atoms with Crippen LogP contribution in [0.15, 0.2) is 97.1 Å². The number of nitrogens with one attached hydrogen (secondary N) is 2. The fourth-order valence-electron chi connectivity index (χ4n) is 10.7. The fraction of sp³-hybridized carbons (Fsp3) is 0.457. The van der Waals surface area contributed by atoms with Gasteiger partial charge < -0.3 is 30.1 Å². The molecule has 2 amide bonds. The second-order valence-corrected chi connectivity index (χ2v) is 17.2. The third kappa shape index (κ3) is 8.57. The van der Waals surface area contributed by atoms with E-state index >= 15 is 0 Å². The lowest BCUT2D eigenvalue weighted by Crippen LogP contribution is -2.61. The van der Waals surface area contributed by atoms with Crippen molar-refractivity contribution < 1.29 is 24.3 Å². The number of non-ortho nitro benzene ring substituents is 1. The van der Waals surface area contributed by atoms with E-state index in [-0.39, 0.29) is 41.0 Å². The van der Waals surface area contributed by atoms with E-state index in [0.29, 0.717) is 13.0 Å². The minimum atomic E-state index is -0.551. The first-order valence-corrected chi connectivity index (χ1v) is 20.7. The zero-order chi connectivity index (χ0) is 38.9. The topological polar surface area (TPSA) is 129 Å². The van der Waals surface area contributed by atoms with Crippen molar-refractivity contribution >= 4 is 17.4 Å². The van der Waals surface area contributed by atoms with E-state index in [4.69, 9.17) is 9.47 Å². The van der Waals surface area contributed by atoms with Gasteiger partial charge in [0.25, 0.3) is 5.69 Å². The lowest BCUT2D eigenvalue weighted by molar-refractivity contribution is -0.384. The molecule has 2 saturated heterocycles. The van der Waals surface area contributed by atoms with Crippen molar-refractivity contribution in [2.75, 3.05) is 37.6 Å². The summed E-state index contributed by atoms with van der Waals surface area (Å²) < 4.78 is 13.4. The van der Waals surface area contributed by atoms with Gasteiger partial charge in [-0.2, -0.15) is 0 Å². The number of carbonyl (C=O) groups is 1. The van der Waals surface area contributed by atoms with Gasteiger partial charge in [0.05, 0.1) is 23.7 Å². The monoisotopic (exact) mass is 771 g/mol. The summed E-state index contributed by atoms with van der Waals surface area (Å²) in [5, 5.41) is 27.3. The Hall–Kier alpha value is -4.81. The van der Waals surface area contributed by atoms with E-state index in [1.807, 2.05) is 42.5 Å². The fourth-order valence-corrected chi connectivity index (χ4v) is 10.7. The average molecular weight is 772 g/mol. The molecule has 10 rings (SSSR count). The van der Waals surface area contributed by atoms with Crippen LogP contribution in [0.3, 0.4) is 0 Å². The molecular weight excluding hydrogens is 719 g/mol. The van der Waals surface area contributed by atoms with Gasteiger partial charge in [-0.25, -0.2) is 4.79 Å². The van der Waals surface area contributed by atoms with Crippen LogP contribution in [0.5, 0.6) is 0 Å². The zero-order valence-electron chi connectivity index (χ0n) is 32.4. The number of nitro groups is 1. The number of ether oxygens (including phenoxy) is 2. The van der Waals surface area contributed by atoms with Gasteiger partial charge in [-0.3, -0.25) is 15.0 Å². The molecule has 6 fully saturated rings. The highest BCUT2D eigenvalue weighted by molar-refractivity contribution is 5.75. The first kappa shape index (κ1) is 37.7. The number of anilines is 1. The number of nitro benzene ring substituents is 1. The maximum Gasteiger partial charge on any atom is 0.315 e. The molecule has 3 atom stereocenters. The third-order valence-electron chi connectivity index (χ3n) is 13.2. The third-order valence-corrected chi connectivity index (χ3v) is 13.2. The number of piperazine rings is 1. The molecule has 4 aromatic carbocycles. The number of carbonyl (C=O) groups excluding carboxylic acids is 1. The molecule has 0 unspecified atom stereocenters. The Morgan fingerprint density at radius 2 is 1.44 bits per heavy atom. The van der Waals surface area contributed by atoms with Crippen LogP contribution in [0.4, 0.5) is 16.2 Å². The number of aliphatic hydroxyl groups excluding tert-OH is 1. The van der Waals surface area contributed by atoms with Gasteiger partial charge in [0.2, 0.25) is 0 Å². The van der Waals surface area contributed by atoms with E-state index in [2.05, 4.69) is 62.9 Å². The number of amides is 2. The summed E-state index contributed by atoms with van der Waals surface area (Å²) in [4.78, 5) is 28.6. The highest BCUT2D eigenvalue weighted by Crippen LogP contribution is 2.55. The summed E-state index contributed by atoms with van der Waals surface area (Å²) in [7, 11) is 0. The average Bonchev–Trinajstić information content (AvgIpc) is 3.23. The molecule has 11 nitrogen and oxygen atoms in total. The molecule has 2 heterocycles. The van der Waals surface area contributed by atoms with Crippen LogP contribution in [-0.2, 0) is 22.6 Å². The molecule has 4 saturated carbocycles. The Morgan fingerprint density at radius 3 is 2.09 bits per heavy atom. The van der Waals surface area contributed by atoms with Gasteiger partial charge in [0.1, 0.15) is 0 Å². The first-order valence-electron chi connectivity index (χ1n) is 20.7. The van der Waals surface area contributed by atoms with Gasteiger partial charge in [-0.1, -0.05) is 66.7 Å². The van der Waals surface area contributed by atoms with Crippen LogP contribution in [0.1, 0.15) is 79.6 Å². The Bertz CT molecular complexity index is 2000. The molecular formula is C46H53N5O6. The van der Waals surface area contributed by atoms with Crippen LogP contribution in [-0.4, -0.2) is 65.3 Å². The Morgan fingerprint density at radius 1 is 0.772 bits per heavy atom. The quantitative estimate of drug-likeness (QED) is 0.104. The summed E-state index contributed by atoms with van der Waals surface area (Å²) in [6.45, 7) is 4.59. The van der Waals surface area contributed by atoms with E-state index in [9.17, 15) is 20.0 Å². The summed E-state index contributed by atoms with van der Waals surface area (Å²) in [6.07, 6.45) is 7.39. The minimum Gasteiger partial charge on any atom is -0.392 e. The molecule has 2 aliphatic heterocycles. The van der Waals surface area contributed by atoms with E-state index in [0.717, 1.165) is 109 Å². The van der Waals surface area contributed by atoms with Gasteiger partial charge in [0.15, 0.2) is 6.29 Å². The van der Waals surface area contributed by atoms with Crippen LogP contribution in [0.25, 0.3) is 11.1 Å². The normalized spacial score (nSPS) is 28.3. The molecule has 4 aliphatic carbocycles. The van der Waals surface area contributed by atoms with Crippen LogP contribution < -0.4 is 15.5 Å². The molecule has 57 heavy (non-hydrogen) atoms. The summed E-state index contributed by atoms with van der Waals surface area (Å²) >= 11 is 0. The maximum absolute atomic E-state index is 13.1. The number of urea groups is 1.